The van der Waals surface area contributed by atoms with Gasteiger partial charge in [0.25, 0.3) is 0 Å². The van der Waals surface area contributed by atoms with Gasteiger partial charge in [0, 0.05) is 6.42 Å². The van der Waals surface area contributed by atoms with Gasteiger partial charge >= 0.3 is 0 Å². The molecule has 112 valence electrons. The summed E-state index contributed by atoms with van der Waals surface area (Å²) in [6, 6.07) is 0. The largest absolute Gasteiger partial charge is 0.376 e. The number of hydrogen-bond acceptors (Lipinski definition) is 6. The molecule has 2 fully saturated rings. The highest BCUT2D eigenvalue weighted by atomic mass is 16.6. The molecule has 2 aliphatic rings. The van der Waals surface area contributed by atoms with E-state index in [0.717, 1.165) is 19.3 Å². The van der Waals surface area contributed by atoms with Crippen LogP contribution >= 0.6 is 0 Å². The Morgan fingerprint density at radius 1 is 1.20 bits per heavy atom. The first-order valence-corrected chi connectivity index (χ1v) is 7.53. The van der Waals surface area contributed by atoms with Crippen molar-refractivity contribution in [1.29, 1.82) is 0 Å². The predicted molar refractivity (Wildman–Crippen MR) is 72.1 cm³/mol. The average molecular weight is 281 g/mol. The summed E-state index contributed by atoms with van der Waals surface area (Å²) >= 11 is 0. The van der Waals surface area contributed by atoms with Gasteiger partial charge in [-0.25, -0.2) is 0 Å². The predicted octanol–water partition coefficient (Wildman–Crippen LogP) is 1.61. The normalized spacial score (nSPS) is 26.6. The van der Waals surface area contributed by atoms with Crippen molar-refractivity contribution in [2.24, 2.45) is 11.1 Å². The van der Waals surface area contributed by atoms with Crippen LogP contribution in [0.15, 0.2) is 4.52 Å². The zero-order chi connectivity index (χ0) is 13.8. The molecule has 6 heteroatoms. The molecule has 1 saturated carbocycles. The second-order valence-corrected chi connectivity index (χ2v) is 5.92. The molecule has 0 spiro atoms. The summed E-state index contributed by atoms with van der Waals surface area (Å²) in [5.74, 6) is 1.28. The molecule has 1 atom stereocenters. The smallest absolute Gasteiger partial charge is 0.227 e. The lowest BCUT2D eigenvalue weighted by atomic mass is 9.72. The van der Waals surface area contributed by atoms with Crippen LogP contribution in [0.1, 0.15) is 49.9 Å². The number of ether oxygens (including phenoxy) is 2. The molecule has 1 aromatic rings. The van der Waals surface area contributed by atoms with Gasteiger partial charge in [0.1, 0.15) is 6.10 Å². The molecule has 20 heavy (non-hydrogen) atoms. The van der Waals surface area contributed by atoms with Gasteiger partial charge in [-0.15, -0.1) is 0 Å². The molecule has 0 amide bonds. The second-order valence-electron chi connectivity index (χ2n) is 5.92. The van der Waals surface area contributed by atoms with Crippen molar-refractivity contribution in [2.75, 3.05) is 26.4 Å². The standard InChI is InChI=1S/C14H23N3O3/c15-10-14(4-2-1-3-5-14)8-12-16-13(17-20-12)11-9-18-6-7-19-11/h11H,1-10,15H2. The lowest BCUT2D eigenvalue weighted by Gasteiger charge is -2.34. The lowest BCUT2D eigenvalue weighted by Crippen LogP contribution is -2.35. The van der Waals surface area contributed by atoms with E-state index in [2.05, 4.69) is 10.1 Å². The van der Waals surface area contributed by atoms with Gasteiger partial charge in [-0.05, 0) is 24.8 Å². The Hall–Kier alpha value is -0.980. The monoisotopic (exact) mass is 281 g/mol. The van der Waals surface area contributed by atoms with Crippen LogP contribution in [-0.2, 0) is 15.9 Å². The minimum Gasteiger partial charge on any atom is -0.376 e. The summed E-state index contributed by atoms with van der Waals surface area (Å²) in [5, 5.41) is 4.04. The van der Waals surface area contributed by atoms with Gasteiger partial charge in [-0.2, -0.15) is 4.98 Å². The Kier molecular flexibility index (Phi) is 4.33. The molecule has 2 heterocycles. The summed E-state index contributed by atoms with van der Waals surface area (Å²) in [6.07, 6.45) is 6.71. The van der Waals surface area contributed by atoms with Crippen LogP contribution in [0.4, 0.5) is 0 Å². The molecule has 1 aliphatic carbocycles. The third-order valence-electron chi connectivity index (χ3n) is 4.46. The number of rotatable bonds is 4. The fourth-order valence-electron chi connectivity index (χ4n) is 3.18. The molecule has 0 radical (unpaired) electrons. The Balaban J connectivity index is 1.66. The van der Waals surface area contributed by atoms with Crippen LogP contribution in [0.25, 0.3) is 0 Å². The lowest BCUT2D eigenvalue weighted by molar-refractivity contribution is -0.0941. The fourth-order valence-corrected chi connectivity index (χ4v) is 3.18. The highest BCUT2D eigenvalue weighted by Gasteiger charge is 2.33. The summed E-state index contributed by atoms with van der Waals surface area (Å²) in [7, 11) is 0. The maximum absolute atomic E-state index is 6.00. The van der Waals surface area contributed by atoms with E-state index in [1.165, 1.54) is 19.3 Å². The Labute approximate surface area is 119 Å². The van der Waals surface area contributed by atoms with Crippen molar-refractivity contribution >= 4 is 0 Å². The summed E-state index contributed by atoms with van der Waals surface area (Å²) < 4.78 is 16.3. The van der Waals surface area contributed by atoms with Gasteiger partial charge in [0.2, 0.25) is 11.7 Å². The minimum absolute atomic E-state index is 0.145. The second kappa shape index (κ2) is 6.20. The van der Waals surface area contributed by atoms with Gasteiger partial charge in [0.15, 0.2) is 0 Å². The fraction of sp³-hybridized carbons (Fsp3) is 0.857. The third-order valence-corrected chi connectivity index (χ3v) is 4.46. The maximum Gasteiger partial charge on any atom is 0.227 e. The van der Waals surface area contributed by atoms with Gasteiger partial charge in [-0.1, -0.05) is 24.4 Å². The number of aromatic nitrogens is 2. The SMILES string of the molecule is NCC1(Cc2nc(C3COCCO3)no2)CCCCC1. The highest BCUT2D eigenvalue weighted by molar-refractivity contribution is 4.97. The molecule has 1 unspecified atom stereocenters. The van der Waals surface area contributed by atoms with Crippen molar-refractivity contribution in [2.45, 2.75) is 44.6 Å². The molecular formula is C14H23N3O3. The van der Waals surface area contributed by atoms with E-state index in [4.69, 9.17) is 19.7 Å². The van der Waals surface area contributed by atoms with Crippen LogP contribution in [0.2, 0.25) is 0 Å². The van der Waals surface area contributed by atoms with E-state index in [1.54, 1.807) is 0 Å². The van der Waals surface area contributed by atoms with Crippen LogP contribution < -0.4 is 5.73 Å². The van der Waals surface area contributed by atoms with E-state index in [0.29, 0.717) is 38.1 Å². The molecule has 1 aromatic heterocycles. The first-order valence-electron chi connectivity index (χ1n) is 7.53. The van der Waals surface area contributed by atoms with Gasteiger partial charge < -0.3 is 19.7 Å². The number of nitrogens with two attached hydrogens (primary N) is 1. The van der Waals surface area contributed by atoms with Gasteiger partial charge in [0.05, 0.1) is 19.8 Å². The zero-order valence-electron chi connectivity index (χ0n) is 11.8. The molecule has 0 aromatic carbocycles. The summed E-state index contributed by atoms with van der Waals surface area (Å²) in [5.41, 5.74) is 6.15. The van der Waals surface area contributed by atoms with Crippen molar-refractivity contribution in [3.8, 4) is 0 Å². The average Bonchev–Trinajstić information content (AvgIpc) is 2.97. The van der Waals surface area contributed by atoms with E-state index in [1.807, 2.05) is 0 Å². The highest BCUT2D eigenvalue weighted by Crippen LogP contribution is 2.38. The topological polar surface area (TPSA) is 83.4 Å². The first kappa shape index (κ1) is 14.0. The third kappa shape index (κ3) is 3.02. The molecule has 2 N–H and O–H groups in total. The van der Waals surface area contributed by atoms with Crippen molar-refractivity contribution in [1.82, 2.24) is 10.1 Å². The van der Waals surface area contributed by atoms with Crippen LogP contribution in [0.5, 0.6) is 0 Å². The molecule has 1 saturated heterocycles. The van der Waals surface area contributed by atoms with Crippen LogP contribution in [0, 0.1) is 5.41 Å². The molecular weight excluding hydrogens is 258 g/mol. The Morgan fingerprint density at radius 2 is 2.05 bits per heavy atom. The van der Waals surface area contributed by atoms with Gasteiger partial charge in [-0.3, -0.25) is 0 Å². The molecule has 0 bridgehead atoms. The zero-order valence-corrected chi connectivity index (χ0v) is 11.8. The summed E-state index contributed by atoms with van der Waals surface area (Å²) in [4.78, 5) is 4.48. The Morgan fingerprint density at radius 3 is 2.75 bits per heavy atom. The Bertz CT molecular complexity index is 423. The molecule has 6 nitrogen and oxygen atoms in total. The maximum atomic E-state index is 6.00. The quantitative estimate of drug-likeness (QED) is 0.902. The van der Waals surface area contributed by atoms with Crippen LogP contribution in [0.3, 0.4) is 0 Å². The first-order chi connectivity index (χ1) is 9.81. The molecule has 3 rings (SSSR count). The van der Waals surface area contributed by atoms with E-state index in [-0.39, 0.29) is 11.5 Å². The van der Waals surface area contributed by atoms with Crippen LogP contribution in [-0.4, -0.2) is 36.5 Å². The summed E-state index contributed by atoms with van der Waals surface area (Å²) in [6.45, 7) is 2.41. The minimum atomic E-state index is -0.193. The van der Waals surface area contributed by atoms with E-state index >= 15 is 0 Å². The van der Waals surface area contributed by atoms with E-state index in [9.17, 15) is 0 Å². The number of hydrogen-bond donors (Lipinski definition) is 1. The number of nitrogens with zero attached hydrogens (tertiary/aromatic N) is 2. The van der Waals surface area contributed by atoms with E-state index < -0.39 is 0 Å². The van der Waals surface area contributed by atoms with Crippen molar-refractivity contribution in [3.05, 3.63) is 11.7 Å². The molecule has 1 aliphatic heterocycles. The van der Waals surface area contributed by atoms with Crippen molar-refractivity contribution < 1.29 is 14.0 Å². The van der Waals surface area contributed by atoms with Crippen molar-refractivity contribution in [3.63, 3.8) is 0 Å².